The molecule has 0 radical (unpaired) electrons. The molecule has 0 aromatic heterocycles. The standard InChI is InChI=1S/C30H34O3/c1-5-15-30(33-4)16-14-27-25-12-10-22-17-23(32)11-13-24(22)28(25)26(18-29(27,30)3)21-8-6-20(7-9-21)19(2)31/h6-9,17,25-27H,10-14,16,18H2,1-4H3/t25-,26+,27-,29-,30-/m0/s1. The second-order valence-electron chi connectivity index (χ2n) is 10.6. The Bertz CT molecular complexity index is 1130. The van der Waals surface area contributed by atoms with Crippen LogP contribution in [0.15, 0.2) is 47.1 Å². The van der Waals surface area contributed by atoms with E-state index in [1.54, 1.807) is 12.5 Å². The number of rotatable bonds is 3. The first-order valence-electron chi connectivity index (χ1n) is 12.4. The molecule has 4 aliphatic carbocycles. The van der Waals surface area contributed by atoms with Crippen LogP contribution < -0.4 is 0 Å². The average molecular weight is 443 g/mol. The normalized spacial score (nSPS) is 35.1. The lowest BCUT2D eigenvalue weighted by atomic mass is 9.51. The minimum absolute atomic E-state index is 0.0465. The molecule has 33 heavy (non-hydrogen) atoms. The van der Waals surface area contributed by atoms with Gasteiger partial charge in [0.2, 0.25) is 0 Å². The van der Waals surface area contributed by atoms with E-state index in [0.717, 1.165) is 44.1 Å². The van der Waals surface area contributed by atoms with E-state index in [1.807, 2.05) is 32.2 Å². The monoisotopic (exact) mass is 442 g/mol. The zero-order valence-electron chi connectivity index (χ0n) is 20.3. The maximum atomic E-state index is 12.2. The summed E-state index contributed by atoms with van der Waals surface area (Å²) in [6.07, 6.45) is 8.59. The minimum atomic E-state index is -0.418. The van der Waals surface area contributed by atoms with Gasteiger partial charge in [-0.1, -0.05) is 42.7 Å². The number of carbonyl (C=O) groups is 2. The highest BCUT2D eigenvalue weighted by molar-refractivity contribution is 5.94. The van der Waals surface area contributed by atoms with E-state index in [1.165, 1.54) is 16.7 Å². The summed E-state index contributed by atoms with van der Waals surface area (Å²) in [4.78, 5) is 24.1. The van der Waals surface area contributed by atoms with Gasteiger partial charge in [0, 0.05) is 30.4 Å². The summed E-state index contributed by atoms with van der Waals surface area (Å²) >= 11 is 0. The van der Waals surface area contributed by atoms with Crippen molar-refractivity contribution in [1.82, 2.24) is 0 Å². The fraction of sp³-hybridized carbons (Fsp3) is 0.533. The van der Waals surface area contributed by atoms with Crippen molar-refractivity contribution >= 4 is 11.6 Å². The Balaban J connectivity index is 1.69. The van der Waals surface area contributed by atoms with Crippen LogP contribution in [-0.2, 0) is 9.53 Å². The molecule has 0 heterocycles. The number of hydrogen-bond donors (Lipinski definition) is 0. The molecule has 1 aromatic carbocycles. The average Bonchev–Trinajstić information content (AvgIpc) is 3.10. The molecule has 3 heteroatoms. The van der Waals surface area contributed by atoms with Crippen LogP contribution in [-0.4, -0.2) is 24.3 Å². The van der Waals surface area contributed by atoms with Crippen LogP contribution in [0.1, 0.15) is 87.6 Å². The molecule has 5 rings (SSSR count). The van der Waals surface area contributed by atoms with Crippen LogP contribution in [0.25, 0.3) is 0 Å². The molecule has 5 atom stereocenters. The zero-order chi connectivity index (χ0) is 23.4. The third kappa shape index (κ3) is 3.29. The predicted octanol–water partition coefficient (Wildman–Crippen LogP) is 6.20. The highest BCUT2D eigenvalue weighted by atomic mass is 16.5. The van der Waals surface area contributed by atoms with Gasteiger partial charge >= 0.3 is 0 Å². The van der Waals surface area contributed by atoms with Crippen molar-refractivity contribution in [3.05, 3.63) is 58.2 Å². The number of fused-ring (bicyclic) bond motifs is 4. The highest BCUT2D eigenvalue weighted by Crippen LogP contribution is 2.67. The van der Waals surface area contributed by atoms with E-state index in [-0.39, 0.29) is 22.9 Å². The molecule has 0 spiro atoms. The summed E-state index contributed by atoms with van der Waals surface area (Å²) in [5, 5.41) is 0. The van der Waals surface area contributed by atoms with E-state index < -0.39 is 5.60 Å². The van der Waals surface area contributed by atoms with E-state index in [4.69, 9.17) is 4.74 Å². The fourth-order valence-electron chi connectivity index (χ4n) is 7.69. The number of methoxy groups -OCH3 is 1. The van der Waals surface area contributed by atoms with E-state index in [9.17, 15) is 9.59 Å². The molecule has 0 unspecified atom stereocenters. The van der Waals surface area contributed by atoms with Gasteiger partial charge in [0.05, 0.1) is 0 Å². The maximum Gasteiger partial charge on any atom is 0.159 e. The van der Waals surface area contributed by atoms with Crippen LogP contribution in [0.4, 0.5) is 0 Å². The van der Waals surface area contributed by atoms with Crippen LogP contribution in [0, 0.1) is 29.1 Å². The van der Waals surface area contributed by atoms with Crippen LogP contribution in [0.5, 0.6) is 0 Å². The van der Waals surface area contributed by atoms with Crippen molar-refractivity contribution in [1.29, 1.82) is 0 Å². The van der Waals surface area contributed by atoms with E-state index >= 15 is 0 Å². The largest absolute Gasteiger partial charge is 0.365 e. The SMILES string of the molecule is CC#C[C@]1(OC)CC[C@H]2[C@@H]3CCC4=CC(=O)CCC4=C3[C@@H](c3ccc(C(C)=O)cc3)C[C@@]21C. The third-order valence-corrected chi connectivity index (χ3v) is 9.25. The van der Waals surface area contributed by atoms with Crippen molar-refractivity contribution < 1.29 is 14.3 Å². The number of Topliss-reactive ketones (excluding diaryl/α,β-unsaturated/α-hetero) is 1. The van der Waals surface area contributed by atoms with Crippen molar-refractivity contribution in [2.45, 2.75) is 77.2 Å². The molecule has 0 amide bonds. The van der Waals surface area contributed by atoms with E-state index in [0.29, 0.717) is 18.3 Å². The molecule has 172 valence electrons. The van der Waals surface area contributed by atoms with Gasteiger partial charge in [-0.05, 0) is 87.0 Å². The molecule has 0 bridgehead atoms. The third-order valence-electron chi connectivity index (χ3n) is 9.25. The van der Waals surface area contributed by atoms with Crippen LogP contribution in [0.2, 0.25) is 0 Å². The van der Waals surface area contributed by atoms with Gasteiger partial charge in [0.1, 0.15) is 5.60 Å². The number of ketones is 2. The summed E-state index contributed by atoms with van der Waals surface area (Å²) in [5.74, 6) is 8.36. The summed E-state index contributed by atoms with van der Waals surface area (Å²) in [6.45, 7) is 5.95. The lowest BCUT2D eigenvalue weighted by molar-refractivity contribution is -0.114. The van der Waals surface area contributed by atoms with Gasteiger partial charge < -0.3 is 4.74 Å². The molecule has 0 saturated heterocycles. The zero-order valence-corrected chi connectivity index (χ0v) is 20.3. The summed E-state index contributed by atoms with van der Waals surface area (Å²) in [7, 11) is 1.83. The number of ether oxygens (including phenoxy) is 1. The van der Waals surface area contributed by atoms with Gasteiger partial charge in [-0.25, -0.2) is 0 Å². The fourth-order valence-corrected chi connectivity index (χ4v) is 7.69. The lowest BCUT2D eigenvalue weighted by Crippen LogP contribution is -2.52. The quantitative estimate of drug-likeness (QED) is 0.414. The molecular formula is C30H34O3. The smallest absolute Gasteiger partial charge is 0.159 e. The predicted molar refractivity (Wildman–Crippen MR) is 130 cm³/mol. The Hall–Kier alpha value is -2.44. The Morgan fingerprint density at radius 1 is 1.12 bits per heavy atom. The van der Waals surface area contributed by atoms with Crippen LogP contribution >= 0.6 is 0 Å². The molecule has 0 N–H and O–H groups in total. The number of allylic oxidation sites excluding steroid dienone is 4. The van der Waals surface area contributed by atoms with Crippen molar-refractivity contribution in [3.63, 3.8) is 0 Å². The van der Waals surface area contributed by atoms with Crippen molar-refractivity contribution in [2.24, 2.45) is 17.3 Å². The van der Waals surface area contributed by atoms with Gasteiger partial charge in [-0.15, -0.1) is 5.92 Å². The maximum absolute atomic E-state index is 12.2. The molecule has 4 aliphatic rings. The molecular weight excluding hydrogens is 408 g/mol. The molecule has 0 aliphatic heterocycles. The molecule has 3 nitrogen and oxygen atoms in total. The van der Waals surface area contributed by atoms with Gasteiger partial charge in [0.25, 0.3) is 0 Å². The van der Waals surface area contributed by atoms with Crippen molar-refractivity contribution in [3.8, 4) is 11.8 Å². The Labute approximate surface area is 197 Å². The molecule has 1 aromatic rings. The number of carbonyl (C=O) groups excluding carboxylic acids is 2. The van der Waals surface area contributed by atoms with E-state index in [2.05, 4.69) is 30.9 Å². The second-order valence-corrected chi connectivity index (χ2v) is 10.6. The first-order valence-corrected chi connectivity index (χ1v) is 12.4. The lowest BCUT2D eigenvalue weighted by Gasteiger charge is -2.54. The van der Waals surface area contributed by atoms with Crippen LogP contribution in [0.3, 0.4) is 0 Å². The minimum Gasteiger partial charge on any atom is -0.365 e. The molecule has 2 fully saturated rings. The summed E-state index contributed by atoms with van der Waals surface area (Å²) in [6, 6.07) is 8.24. The Kier molecular flexibility index (Phi) is 5.49. The Morgan fingerprint density at radius 3 is 2.55 bits per heavy atom. The summed E-state index contributed by atoms with van der Waals surface area (Å²) < 4.78 is 6.26. The number of benzene rings is 1. The number of hydrogen-bond acceptors (Lipinski definition) is 3. The first-order chi connectivity index (χ1) is 15.8. The van der Waals surface area contributed by atoms with Gasteiger partial charge in [-0.2, -0.15) is 0 Å². The van der Waals surface area contributed by atoms with Gasteiger partial charge in [-0.3, -0.25) is 9.59 Å². The topological polar surface area (TPSA) is 43.4 Å². The Morgan fingerprint density at radius 2 is 1.88 bits per heavy atom. The summed E-state index contributed by atoms with van der Waals surface area (Å²) in [5.41, 5.74) is 5.85. The first kappa shape index (κ1) is 22.4. The second kappa shape index (κ2) is 8.10. The highest BCUT2D eigenvalue weighted by Gasteiger charge is 2.63. The molecule has 2 saturated carbocycles. The van der Waals surface area contributed by atoms with Gasteiger partial charge in [0.15, 0.2) is 11.6 Å². The van der Waals surface area contributed by atoms with Crippen molar-refractivity contribution in [2.75, 3.05) is 7.11 Å².